The third kappa shape index (κ3) is 5.62. The van der Waals surface area contributed by atoms with Crippen LogP contribution in [-0.4, -0.2) is 18.1 Å². The first-order valence-electron chi connectivity index (χ1n) is 9.25. The molecule has 160 valence electrons. The third-order valence-corrected chi connectivity index (χ3v) is 5.37. The van der Waals surface area contributed by atoms with Crippen molar-refractivity contribution in [1.29, 1.82) is 0 Å². The summed E-state index contributed by atoms with van der Waals surface area (Å²) in [6, 6.07) is 20.5. The molecule has 4 aromatic rings. The number of benzene rings is 4. The number of rotatable bonds is 5. The van der Waals surface area contributed by atoms with Gasteiger partial charge in [-0.25, -0.2) is 0 Å². The molecule has 0 bridgehead atoms. The van der Waals surface area contributed by atoms with E-state index in [0.29, 0.717) is 17.1 Å². The van der Waals surface area contributed by atoms with E-state index < -0.39 is 26.5 Å². The molecule has 0 aliphatic carbocycles. The molecule has 0 aliphatic heterocycles. The summed E-state index contributed by atoms with van der Waals surface area (Å²) in [4.78, 5) is -0.548. The molecule has 0 unspecified atom stereocenters. The van der Waals surface area contributed by atoms with Gasteiger partial charge in [-0.2, -0.15) is 23.8 Å². The van der Waals surface area contributed by atoms with Gasteiger partial charge in [0.2, 0.25) is 0 Å². The van der Waals surface area contributed by atoms with Gasteiger partial charge in [-0.3, -0.25) is 4.55 Å². The van der Waals surface area contributed by atoms with Crippen molar-refractivity contribution < 1.29 is 52.7 Å². The van der Waals surface area contributed by atoms with Crippen molar-refractivity contribution in [3.05, 3.63) is 78.9 Å². The Kier molecular flexibility index (Phi) is 7.57. The predicted molar refractivity (Wildman–Crippen MR) is 116 cm³/mol. The summed E-state index contributed by atoms with van der Waals surface area (Å²) in [7, 11) is -4.68. The average molecular weight is 470 g/mol. The van der Waals surface area contributed by atoms with Gasteiger partial charge in [-0.05, 0) is 42.5 Å². The first-order chi connectivity index (χ1) is 15.3. The Labute approximate surface area is 211 Å². The largest absolute Gasteiger partial charge is 1.00 e. The van der Waals surface area contributed by atoms with E-state index in [2.05, 4.69) is 20.5 Å². The molecule has 2 N–H and O–H groups in total. The zero-order valence-corrected chi connectivity index (χ0v) is 20.1. The second-order valence-electron chi connectivity index (χ2n) is 6.65. The molecule has 0 saturated heterocycles. The van der Waals surface area contributed by atoms with E-state index in [1.165, 1.54) is 18.2 Å². The van der Waals surface area contributed by atoms with Crippen LogP contribution in [0.2, 0.25) is 0 Å². The Morgan fingerprint density at radius 2 is 1.27 bits per heavy atom. The van der Waals surface area contributed by atoms with E-state index in [9.17, 15) is 23.2 Å². The van der Waals surface area contributed by atoms with Crippen molar-refractivity contribution in [2.45, 2.75) is 4.90 Å². The van der Waals surface area contributed by atoms with E-state index in [-0.39, 0.29) is 46.0 Å². The van der Waals surface area contributed by atoms with Crippen molar-refractivity contribution in [2.24, 2.45) is 20.5 Å². The molecule has 0 heterocycles. The first kappa shape index (κ1) is 24.5. The maximum absolute atomic E-state index is 12.2. The third-order valence-electron chi connectivity index (χ3n) is 4.48. The number of phenolic OH excluding ortho intramolecular Hbond substituents is 1. The molecule has 0 fully saturated rings. The summed E-state index contributed by atoms with van der Waals surface area (Å²) in [6.07, 6.45) is 0. The number of aromatic hydroxyl groups is 1. The zero-order chi connectivity index (χ0) is 22.7. The van der Waals surface area contributed by atoms with E-state index >= 15 is 0 Å². The normalized spacial score (nSPS) is 11.8. The monoisotopic (exact) mass is 470 g/mol. The van der Waals surface area contributed by atoms with Gasteiger partial charge in [0.15, 0.2) is 0 Å². The minimum Gasteiger partial charge on any atom is -0.872 e. The fourth-order valence-electron chi connectivity index (χ4n) is 2.98. The fraction of sp³-hybridized carbons (Fsp3) is 0. The number of phenols is 1. The van der Waals surface area contributed by atoms with E-state index in [1.807, 2.05) is 30.3 Å². The minimum atomic E-state index is -4.68. The van der Waals surface area contributed by atoms with E-state index in [1.54, 1.807) is 24.3 Å². The van der Waals surface area contributed by atoms with Gasteiger partial charge in [-0.15, -0.1) is 5.11 Å². The van der Waals surface area contributed by atoms with Gasteiger partial charge in [-0.1, -0.05) is 42.1 Å². The van der Waals surface area contributed by atoms with Gasteiger partial charge in [0.05, 0.1) is 17.1 Å². The smallest absolute Gasteiger partial charge is 0.872 e. The van der Waals surface area contributed by atoms with Crippen molar-refractivity contribution in [3.8, 4) is 11.5 Å². The van der Waals surface area contributed by atoms with Gasteiger partial charge in [0.1, 0.15) is 16.3 Å². The molecule has 4 aromatic carbocycles. The SMILES string of the molecule is O=S(=O)(O)c1cc(N=Nc2ccc(N=Nc3ccccc3)cc2)c(O)c2c([O-])cccc12.[Na+]. The van der Waals surface area contributed by atoms with Crippen LogP contribution in [0.5, 0.6) is 11.5 Å². The molecule has 33 heavy (non-hydrogen) atoms. The van der Waals surface area contributed by atoms with Crippen LogP contribution in [0.1, 0.15) is 0 Å². The Balaban J connectivity index is 0.00000306. The molecular weight excluding hydrogens is 455 g/mol. The molecule has 9 nitrogen and oxygen atoms in total. The fourth-order valence-corrected chi connectivity index (χ4v) is 3.68. The Morgan fingerprint density at radius 3 is 1.85 bits per heavy atom. The quantitative estimate of drug-likeness (QED) is 0.261. The minimum absolute atomic E-state index is 0. The topological polar surface area (TPSA) is 147 Å². The summed E-state index contributed by atoms with van der Waals surface area (Å²) in [5, 5.41) is 38.3. The molecule has 11 heteroatoms. The maximum atomic E-state index is 12.2. The van der Waals surface area contributed by atoms with Crippen LogP contribution in [-0.2, 0) is 10.1 Å². The van der Waals surface area contributed by atoms with Crippen LogP contribution < -0.4 is 34.7 Å². The Bertz CT molecular complexity index is 1460. The summed E-state index contributed by atoms with van der Waals surface area (Å²) in [5.74, 6) is -1.15. The van der Waals surface area contributed by atoms with Crippen molar-refractivity contribution in [2.75, 3.05) is 0 Å². The average Bonchev–Trinajstić information content (AvgIpc) is 2.78. The molecule has 0 radical (unpaired) electrons. The summed E-state index contributed by atoms with van der Waals surface area (Å²) >= 11 is 0. The summed E-state index contributed by atoms with van der Waals surface area (Å²) in [5.41, 5.74) is 1.38. The van der Waals surface area contributed by atoms with Crippen molar-refractivity contribution in [1.82, 2.24) is 0 Å². The Hall–Kier alpha value is -3.15. The van der Waals surface area contributed by atoms with Gasteiger partial charge >= 0.3 is 29.6 Å². The van der Waals surface area contributed by atoms with Crippen LogP contribution in [0.4, 0.5) is 22.7 Å². The number of azo groups is 2. The standard InChI is InChI=1S/C22H16N4O5S.Na/c27-19-8-4-7-17-20(32(29,30)31)13-18(22(28)21(17)19)26-25-16-11-9-15(10-12-16)24-23-14-5-2-1-3-6-14;/h1-13,27-28H,(H,29,30,31);/q;+1/p-1. The van der Waals surface area contributed by atoms with Crippen LogP contribution in [0.15, 0.2) is 104 Å². The van der Waals surface area contributed by atoms with Gasteiger partial charge < -0.3 is 10.2 Å². The molecule has 0 spiro atoms. The van der Waals surface area contributed by atoms with Crippen LogP contribution >= 0.6 is 0 Å². The molecule has 0 atom stereocenters. The first-order valence-corrected chi connectivity index (χ1v) is 10.7. The molecular formula is C22H15N4NaO5S. The number of hydrogen-bond acceptors (Lipinski definition) is 8. The van der Waals surface area contributed by atoms with E-state index in [0.717, 1.165) is 6.07 Å². The van der Waals surface area contributed by atoms with E-state index in [4.69, 9.17) is 0 Å². The molecule has 0 saturated carbocycles. The molecule has 0 aliphatic rings. The number of fused-ring (bicyclic) bond motifs is 1. The molecule has 4 rings (SSSR count). The summed E-state index contributed by atoms with van der Waals surface area (Å²) in [6.45, 7) is 0. The number of nitrogens with zero attached hydrogens (tertiary/aromatic N) is 4. The predicted octanol–water partition coefficient (Wildman–Crippen LogP) is 2.70. The van der Waals surface area contributed by atoms with Crippen LogP contribution in [0, 0.1) is 0 Å². The van der Waals surface area contributed by atoms with Crippen molar-refractivity contribution >= 4 is 43.6 Å². The second-order valence-corrected chi connectivity index (χ2v) is 8.04. The number of hydrogen-bond donors (Lipinski definition) is 2. The second kappa shape index (κ2) is 10.2. The maximum Gasteiger partial charge on any atom is 1.00 e. The van der Waals surface area contributed by atoms with Gasteiger partial charge in [0.25, 0.3) is 10.1 Å². The molecule has 0 aromatic heterocycles. The van der Waals surface area contributed by atoms with Crippen LogP contribution in [0.3, 0.4) is 0 Å². The van der Waals surface area contributed by atoms with Gasteiger partial charge in [0, 0.05) is 10.8 Å². The van der Waals surface area contributed by atoms with Crippen molar-refractivity contribution in [3.63, 3.8) is 0 Å². The molecule has 0 amide bonds. The Morgan fingerprint density at radius 1 is 0.727 bits per heavy atom. The zero-order valence-electron chi connectivity index (χ0n) is 17.3. The summed E-state index contributed by atoms with van der Waals surface area (Å²) < 4.78 is 33.1. The van der Waals surface area contributed by atoms with Crippen LogP contribution in [0.25, 0.3) is 10.8 Å².